The number of unbranched alkanes of at least 4 members (excludes halogenated alkanes) is 1. The summed E-state index contributed by atoms with van der Waals surface area (Å²) in [6, 6.07) is 10.3. The first-order chi connectivity index (χ1) is 12.3. The van der Waals surface area contributed by atoms with Crippen LogP contribution in [0.1, 0.15) is 31.7 Å². The standard InChI is InChI=1S/C20H33N3O2.HI/c1-3-21-20(23-13-11-19(15-23)16-24-2)22-12-7-8-14-25-17-18-9-5-4-6-10-18;/h4-6,9-10,19H,3,7-8,11-17H2,1-2H3,(H,21,22);1H. The molecule has 26 heavy (non-hydrogen) atoms. The number of hydrogen-bond acceptors (Lipinski definition) is 3. The number of halogens is 1. The molecule has 1 fully saturated rings. The molecule has 0 amide bonds. The summed E-state index contributed by atoms with van der Waals surface area (Å²) < 4.78 is 11.0. The number of benzene rings is 1. The molecule has 0 aliphatic carbocycles. The van der Waals surface area contributed by atoms with Crippen molar-refractivity contribution < 1.29 is 9.47 Å². The van der Waals surface area contributed by atoms with Crippen molar-refractivity contribution in [3.05, 3.63) is 35.9 Å². The molecule has 1 saturated heterocycles. The first-order valence-electron chi connectivity index (χ1n) is 9.47. The van der Waals surface area contributed by atoms with E-state index in [4.69, 9.17) is 14.5 Å². The van der Waals surface area contributed by atoms with Crippen LogP contribution in [0.3, 0.4) is 0 Å². The van der Waals surface area contributed by atoms with Crippen molar-refractivity contribution in [2.75, 3.05) is 46.5 Å². The fourth-order valence-corrected chi connectivity index (χ4v) is 3.09. The predicted octanol–water partition coefficient (Wildman–Crippen LogP) is 3.54. The molecule has 1 aliphatic rings. The third kappa shape index (κ3) is 8.68. The molecule has 2 rings (SSSR count). The van der Waals surface area contributed by atoms with Crippen LogP contribution in [0.4, 0.5) is 0 Å². The van der Waals surface area contributed by atoms with Gasteiger partial charge in [-0.3, -0.25) is 4.99 Å². The summed E-state index contributed by atoms with van der Waals surface area (Å²) in [6.45, 7) is 8.32. The minimum absolute atomic E-state index is 0. The summed E-state index contributed by atoms with van der Waals surface area (Å²) in [5, 5.41) is 3.41. The average Bonchev–Trinajstić information content (AvgIpc) is 3.10. The molecule has 0 bridgehead atoms. The largest absolute Gasteiger partial charge is 0.384 e. The van der Waals surface area contributed by atoms with Crippen molar-refractivity contribution in [1.82, 2.24) is 10.2 Å². The Hall–Kier alpha value is -0.860. The fourth-order valence-electron chi connectivity index (χ4n) is 3.09. The van der Waals surface area contributed by atoms with Gasteiger partial charge in [0.2, 0.25) is 0 Å². The van der Waals surface area contributed by atoms with Crippen molar-refractivity contribution in [2.24, 2.45) is 10.9 Å². The maximum atomic E-state index is 5.73. The maximum absolute atomic E-state index is 5.73. The highest BCUT2D eigenvalue weighted by molar-refractivity contribution is 14.0. The van der Waals surface area contributed by atoms with Crippen LogP contribution in [-0.4, -0.2) is 57.4 Å². The second-order valence-electron chi connectivity index (χ2n) is 6.54. The number of hydrogen-bond donors (Lipinski definition) is 1. The van der Waals surface area contributed by atoms with E-state index in [0.29, 0.717) is 12.5 Å². The van der Waals surface area contributed by atoms with Gasteiger partial charge in [0.05, 0.1) is 13.2 Å². The number of nitrogens with one attached hydrogen (secondary N) is 1. The van der Waals surface area contributed by atoms with Gasteiger partial charge in [0.1, 0.15) is 0 Å². The molecular weight excluding hydrogens is 441 g/mol. The van der Waals surface area contributed by atoms with Gasteiger partial charge in [-0.2, -0.15) is 0 Å². The van der Waals surface area contributed by atoms with Crippen molar-refractivity contribution >= 4 is 29.9 Å². The summed E-state index contributed by atoms with van der Waals surface area (Å²) in [4.78, 5) is 7.14. The molecular formula is C20H34IN3O2. The number of methoxy groups -OCH3 is 1. The molecule has 1 aromatic carbocycles. The Kier molecular flexibility index (Phi) is 12.7. The van der Waals surface area contributed by atoms with Crippen molar-refractivity contribution in [3.63, 3.8) is 0 Å². The minimum Gasteiger partial charge on any atom is -0.384 e. The van der Waals surface area contributed by atoms with Gasteiger partial charge in [0.15, 0.2) is 5.96 Å². The molecule has 1 heterocycles. The predicted molar refractivity (Wildman–Crippen MR) is 118 cm³/mol. The van der Waals surface area contributed by atoms with E-state index in [-0.39, 0.29) is 24.0 Å². The van der Waals surface area contributed by atoms with Crippen LogP contribution in [0, 0.1) is 5.92 Å². The molecule has 0 saturated carbocycles. The van der Waals surface area contributed by atoms with Gasteiger partial charge >= 0.3 is 0 Å². The Labute approximate surface area is 175 Å². The molecule has 0 spiro atoms. The van der Waals surface area contributed by atoms with E-state index in [1.165, 1.54) is 12.0 Å². The maximum Gasteiger partial charge on any atom is 0.193 e. The number of likely N-dealkylation sites (tertiary alicyclic amines) is 1. The van der Waals surface area contributed by atoms with Crippen LogP contribution in [-0.2, 0) is 16.1 Å². The minimum atomic E-state index is 0. The Balaban J connectivity index is 0.00000338. The first-order valence-corrected chi connectivity index (χ1v) is 9.47. The van der Waals surface area contributed by atoms with Crippen molar-refractivity contribution in [1.29, 1.82) is 0 Å². The lowest BCUT2D eigenvalue weighted by Crippen LogP contribution is -2.40. The number of rotatable bonds is 10. The van der Waals surface area contributed by atoms with Crippen LogP contribution in [0.5, 0.6) is 0 Å². The van der Waals surface area contributed by atoms with Crippen LogP contribution >= 0.6 is 24.0 Å². The topological polar surface area (TPSA) is 46.1 Å². The van der Waals surface area contributed by atoms with E-state index >= 15 is 0 Å². The smallest absolute Gasteiger partial charge is 0.193 e. The average molecular weight is 475 g/mol. The van der Waals surface area contributed by atoms with Gasteiger partial charge < -0.3 is 19.7 Å². The van der Waals surface area contributed by atoms with E-state index in [1.54, 1.807) is 7.11 Å². The van der Waals surface area contributed by atoms with E-state index in [1.807, 2.05) is 18.2 Å². The third-order valence-corrected chi connectivity index (χ3v) is 4.39. The van der Waals surface area contributed by atoms with Crippen molar-refractivity contribution in [3.8, 4) is 0 Å². The Morgan fingerprint density at radius 1 is 1.27 bits per heavy atom. The van der Waals surface area contributed by atoms with Crippen LogP contribution in [0.15, 0.2) is 35.3 Å². The van der Waals surface area contributed by atoms with E-state index in [2.05, 4.69) is 29.3 Å². The number of nitrogens with zero attached hydrogens (tertiary/aromatic N) is 2. The summed E-state index contributed by atoms with van der Waals surface area (Å²) in [7, 11) is 1.78. The molecule has 6 heteroatoms. The highest BCUT2D eigenvalue weighted by Crippen LogP contribution is 2.16. The fraction of sp³-hybridized carbons (Fsp3) is 0.650. The Bertz CT molecular complexity index is 499. The molecule has 148 valence electrons. The van der Waals surface area contributed by atoms with Gasteiger partial charge in [0, 0.05) is 45.8 Å². The quantitative estimate of drug-likeness (QED) is 0.244. The summed E-state index contributed by atoms with van der Waals surface area (Å²) in [5.74, 6) is 1.67. The van der Waals surface area contributed by atoms with E-state index < -0.39 is 0 Å². The van der Waals surface area contributed by atoms with Crippen LogP contribution < -0.4 is 5.32 Å². The molecule has 1 aromatic rings. The monoisotopic (exact) mass is 475 g/mol. The number of ether oxygens (including phenoxy) is 2. The molecule has 1 unspecified atom stereocenters. The molecule has 5 nitrogen and oxygen atoms in total. The van der Waals surface area contributed by atoms with Gasteiger partial charge in [-0.05, 0) is 31.7 Å². The normalized spacial score (nSPS) is 17.2. The summed E-state index contributed by atoms with van der Waals surface area (Å²) in [6.07, 6.45) is 3.28. The zero-order chi connectivity index (χ0) is 17.7. The van der Waals surface area contributed by atoms with E-state index in [0.717, 1.165) is 58.2 Å². The lowest BCUT2D eigenvalue weighted by molar-refractivity contribution is 0.117. The van der Waals surface area contributed by atoms with Gasteiger partial charge in [-0.25, -0.2) is 0 Å². The highest BCUT2D eigenvalue weighted by Gasteiger charge is 2.24. The molecule has 1 aliphatic heterocycles. The second kappa shape index (κ2) is 14.2. The summed E-state index contributed by atoms with van der Waals surface area (Å²) >= 11 is 0. The number of aliphatic imine (C=N–C) groups is 1. The SMILES string of the molecule is CCNC(=NCCCCOCc1ccccc1)N1CCC(COC)C1.I. The second-order valence-corrected chi connectivity index (χ2v) is 6.54. The van der Waals surface area contributed by atoms with Gasteiger partial charge in [-0.1, -0.05) is 30.3 Å². The molecule has 1 N–H and O–H groups in total. The third-order valence-electron chi connectivity index (χ3n) is 4.39. The lowest BCUT2D eigenvalue weighted by Gasteiger charge is -2.21. The van der Waals surface area contributed by atoms with Crippen LogP contribution in [0.2, 0.25) is 0 Å². The Morgan fingerprint density at radius 3 is 2.81 bits per heavy atom. The first kappa shape index (κ1) is 23.2. The van der Waals surface area contributed by atoms with Crippen molar-refractivity contribution in [2.45, 2.75) is 32.8 Å². The molecule has 0 aromatic heterocycles. The molecule has 0 radical (unpaired) electrons. The lowest BCUT2D eigenvalue weighted by atomic mass is 10.1. The van der Waals surface area contributed by atoms with Gasteiger partial charge in [0.25, 0.3) is 0 Å². The zero-order valence-corrected chi connectivity index (χ0v) is 18.5. The Morgan fingerprint density at radius 2 is 2.08 bits per heavy atom. The highest BCUT2D eigenvalue weighted by atomic mass is 127. The zero-order valence-electron chi connectivity index (χ0n) is 16.2. The molecule has 1 atom stereocenters. The summed E-state index contributed by atoms with van der Waals surface area (Å²) in [5.41, 5.74) is 1.23. The number of guanidine groups is 1. The van der Waals surface area contributed by atoms with E-state index in [9.17, 15) is 0 Å². The van der Waals surface area contributed by atoms with Crippen LogP contribution in [0.25, 0.3) is 0 Å². The van der Waals surface area contributed by atoms with Gasteiger partial charge in [-0.15, -0.1) is 24.0 Å².